The van der Waals surface area contributed by atoms with Gasteiger partial charge in [-0.05, 0) is 56.3 Å². The van der Waals surface area contributed by atoms with Gasteiger partial charge in [0.15, 0.2) is 0 Å². The predicted octanol–water partition coefficient (Wildman–Crippen LogP) is 1.18. The number of aliphatic hydroxyl groups excluding tert-OH is 2. The van der Waals surface area contributed by atoms with E-state index >= 15 is 0 Å². The number of nitrogens with one attached hydrogen (secondary N) is 1. The van der Waals surface area contributed by atoms with Crippen LogP contribution in [0.15, 0.2) is 18.2 Å². The summed E-state index contributed by atoms with van der Waals surface area (Å²) >= 11 is 0. The van der Waals surface area contributed by atoms with Crippen molar-refractivity contribution < 1.29 is 33.4 Å². The van der Waals surface area contributed by atoms with Crippen LogP contribution in [0, 0.1) is 24.6 Å². The predicted molar refractivity (Wildman–Crippen MR) is 133 cm³/mol. The molecular formula is C27H41FN3O5+. The maximum atomic E-state index is 14.6. The number of hydrogen-bond donors (Lipinski definition) is 3. The molecule has 8 nitrogen and oxygen atoms in total. The zero-order chi connectivity index (χ0) is 25.9. The quantitative estimate of drug-likeness (QED) is 0.502. The van der Waals surface area contributed by atoms with Gasteiger partial charge in [0.2, 0.25) is 5.91 Å². The molecule has 6 atom stereocenters. The third-order valence-electron chi connectivity index (χ3n) is 8.46. The largest absolute Gasteiger partial charge is 0.391 e. The fourth-order valence-corrected chi connectivity index (χ4v) is 6.52. The number of carbonyl (C=O) groups is 2. The van der Waals surface area contributed by atoms with Crippen LogP contribution in [-0.4, -0.2) is 103 Å². The molecule has 3 N–H and O–H groups in total. The molecule has 9 heteroatoms. The highest BCUT2D eigenvalue weighted by Gasteiger charge is 2.55. The molecule has 0 aliphatic carbocycles. The van der Waals surface area contributed by atoms with Gasteiger partial charge >= 0.3 is 5.91 Å². The van der Waals surface area contributed by atoms with Crippen LogP contribution in [0.5, 0.6) is 0 Å². The second kappa shape index (κ2) is 11.6. The minimum Gasteiger partial charge on any atom is -0.391 e. The van der Waals surface area contributed by atoms with Crippen LogP contribution in [0.3, 0.4) is 0 Å². The van der Waals surface area contributed by atoms with Gasteiger partial charge < -0.3 is 25.2 Å². The van der Waals surface area contributed by atoms with Crippen LogP contribution in [0.2, 0.25) is 0 Å². The van der Waals surface area contributed by atoms with Gasteiger partial charge in [0.05, 0.1) is 31.1 Å². The van der Waals surface area contributed by atoms with Crippen molar-refractivity contribution in [1.82, 2.24) is 10.2 Å². The molecule has 4 unspecified atom stereocenters. The second-order valence-corrected chi connectivity index (χ2v) is 10.8. The summed E-state index contributed by atoms with van der Waals surface area (Å²) in [6.45, 7) is 4.97. The van der Waals surface area contributed by atoms with Crippen molar-refractivity contribution in [2.45, 2.75) is 50.7 Å². The van der Waals surface area contributed by atoms with Crippen LogP contribution in [0.1, 0.15) is 42.7 Å². The molecule has 3 heterocycles. The first kappa shape index (κ1) is 27.1. The van der Waals surface area contributed by atoms with E-state index in [0.717, 1.165) is 19.4 Å². The van der Waals surface area contributed by atoms with Crippen molar-refractivity contribution in [1.29, 1.82) is 0 Å². The number of quaternary nitrogens is 1. The fraction of sp³-hybridized carbons (Fsp3) is 0.704. The molecule has 36 heavy (non-hydrogen) atoms. The molecule has 0 saturated carbocycles. The molecule has 1 aromatic rings. The number of carbonyl (C=O) groups excluding carboxylic acids is 2. The molecule has 3 fully saturated rings. The normalized spacial score (nSPS) is 33.4. The Hall–Kier alpha value is -1.91. The van der Waals surface area contributed by atoms with Crippen molar-refractivity contribution in [2.75, 3.05) is 59.5 Å². The lowest BCUT2D eigenvalue weighted by Gasteiger charge is -2.49. The lowest BCUT2D eigenvalue weighted by atomic mass is 9.74. The summed E-state index contributed by atoms with van der Waals surface area (Å²) < 4.78 is 19.9. The smallest absolute Gasteiger partial charge is 0.318 e. The van der Waals surface area contributed by atoms with Crippen LogP contribution >= 0.6 is 0 Å². The van der Waals surface area contributed by atoms with Crippen molar-refractivity contribution >= 4 is 11.8 Å². The average Bonchev–Trinajstić information content (AvgIpc) is 2.88. The number of aliphatic hydroxyl groups is 2. The van der Waals surface area contributed by atoms with Gasteiger partial charge in [-0.1, -0.05) is 12.1 Å². The topological polar surface area (TPSA) is 99.1 Å². The molecule has 3 saturated heterocycles. The van der Waals surface area contributed by atoms with Crippen molar-refractivity contribution in [3.05, 3.63) is 35.1 Å². The highest BCUT2D eigenvalue weighted by Crippen LogP contribution is 2.41. The van der Waals surface area contributed by atoms with Crippen LogP contribution in [-0.2, 0) is 14.3 Å². The summed E-state index contributed by atoms with van der Waals surface area (Å²) in [5.41, 5.74) is 1.02. The maximum absolute atomic E-state index is 14.6. The molecule has 2 amide bonds. The van der Waals surface area contributed by atoms with Crippen molar-refractivity contribution in [3.63, 3.8) is 0 Å². The van der Waals surface area contributed by atoms with E-state index in [0.29, 0.717) is 50.2 Å². The molecule has 1 aromatic carbocycles. The van der Waals surface area contributed by atoms with Gasteiger partial charge in [0.1, 0.15) is 25.0 Å². The van der Waals surface area contributed by atoms with Gasteiger partial charge in [0, 0.05) is 32.7 Å². The van der Waals surface area contributed by atoms with E-state index in [-0.39, 0.29) is 47.7 Å². The first-order valence-electron chi connectivity index (χ1n) is 13.3. The Bertz CT molecular complexity index is 940. The Morgan fingerprint density at radius 3 is 2.72 bits per heavy atom. The van der Waals surface area contributed by atoms with Gasteiger partial charge in [-0.2, -0.15) is 0 Å². The van der Waals surface area contributed by atoms with Gasteiger partial charge in [0.25, 0.3) is 0 Å². The fourth-order valence-electron chi connectivity index (χ4n) is 6.52. The number of amides is 2. The van der Waals surface area contributed by atoms with E-state index in [4.69, 9.17) is 4.74 Å². The summed E-state index contributed by atoms with van der Waals surface area (Å²) in [6.07, 6.45) is 1.42. The monoisotopic (exact) mass is 506 g/mol. The van der Waals surface area contributed by atoms with E-state index in [1.807, 2.05) is 0 Å². The number of likely N-dealkylation sites (tertiary alicyclic amines) is 2. The molecular weight excluding hydrogens is 465 g/mol. The third kappa shape index (κ3) is 5.50. The number of benzene rings is 1. The second-order valence-electron chi connectivity index (χ2n) is 10.8. The van der Waals surface area contributed by atoms with Crippen LogP contribution in [0.4, 0.5) is 4.39 Å². The average molecular weight is 507 g/mol. The Labute approximate surface area is 213 Å². The lowest BCUT2D eigenvalue weighted by molar-refractivity contribution is -0.868. The molecule has 3 aliphatic rings. The Morgan fingerprint density at radius 2 is 2.03 bits per heavy atom. The number of hydrogen-bond acceptors (Lipinski definition) is 6. The first-order valence-corrected chi connectivity index (χ1v) is 13.3. The minimum absolute atomic E-state index is 0.0288. The molecule has 3 aliphatic heterocycles. The number of β-amino-alcohol motifs (C(OH)–C–C–N with tert-alkyl or cyclic N) is 1. The number of nitrogens with zero attached hydrogens (tertiary/aromatic N) is 2. The van der Waals surface area contributed by atoms with E-state index in [1.54, 1.807) is 31.1 Å². The highest BCUT2D eigenvalue weighted by atomic mass is 19.1. The number of ether oxygens (including phenoxy) is 1. The number of halogens is 1. The van der Waals surface area contributed by atoms with E-state index in [1.165, 1.54) is 6.07 Å². The molecule has 0 radical (unpaired) electrons. The SMILES string of the molecule is COCC[N+]1(C(=O)C2CCCNC2)C[C@H](O)C(c2cccc(F)c2C)[C@H](C(=O)N2CCCC(O)C2)C1. The summed E-state index contributed by atoms with van der Waals surface area (Å²) in [4.78, 5) is 29.7. The molecule has 0 bridgehead atoms. The zero-order valence-corrected chi connectivity index (χ0v) is 21.5. The summed E-state index contributed by atoms with van der Waals surface area (Å²) in [7, 11) is 1.58. The molecule has 4 rings (SSSR count). The summed E-state index contributed by atoms with van der Waals surface area (Å²) in [6, 6.07) is 4.77. The molecule has 0 aromatic heterocycles. The Kier molecular flexibility index (Phi) is 8.78. The Balaban J connectivity index is 1.74. The Morgan fingerprint density at radius 1 is 1.22 bits per heavy atom. The van der Waals surface area contributed by atoms with Crippen molar-refractivity contribution in [2.24, 2.45) is 11.8 Å². The molecule has 200 valence electrons. The summed E-state index contributed by atoms with van der Waals surface area (Å²) in [5.74, 6) is -2.09. The highest BCUT2D eigenvalue weighted by molar-refractivity contribution is 5.81. The van der Waals surface area contributed by atoms with Crippen LogP contribution < -0.4 is 5.32 Å². The van der Waals surface area contributed by atoms with E-state index in [2.05, 4.69) is 5.32 Å². The van der Waals surface area contributed by atoms with Gasteiger partial charge in [-0.15, -0.1) is 0 Å². The zero-order valence-electron chi connectivity index (χ0n) is 21.5. The van der Waals surface area contributed by atoms with E-state index < -0.39 is 24.0 Å². The van der Waals surface area contributed by atoms with Gasteiger partial charge in [-0.3, -0.25) is 9.28 Å². The standard InChI is InChI=1S/C27H41FN3O5/c1-18-21(8-3-9-23(18)28)25-22(26(34)30-11-5-7-20(32)15-30)16-31(12-13-36-2,17-24(25)33)27(35)19-6-4-10-29-14-19/h3,8-9,19-20,22,24-25,29,32-33H,4-7,10-17H2,1-2H3/q+1/t19?,20?,22-,24+,25?,31?/m1/s1. The van der Waals surface area contributed by atoms with Crippen molar-refractivity contribution in [3.8, 4) is 0 Å². The number of rotatable bonds is 6. The van der Waals surface area contributed by atoms with E-state index in [9.17, 15) is 24.2 Å². The van der Waals surface area contributed by atoms with Gasteiger partial charge in [-0.25, -0.2) is 9.18 Å². The van der Waals surface area contributed by atoms with Crippen LogP contribution in [0.25, 0.3) is 0 Å². The summed E-state index contributed by atoms with van der Waals surface area (Å²) in [5, 5.41) is 25.2. The minimum atomic E-state index is -1.01. The number of methoxy groups -OCH3 is 1. The lowest BCUT2D eigenvalue weighted by Crippen LogP contribution is -2.68. The first-order chi connectivity index (χ1) is 17.3. The molecule has 0 spiro atoms. The number of piperidine rings is 3. The third-order valence-corrected chi connectivity index (χ3v) is 8.46. The maximum Gasteiger partial charge on any atom is 0.318 e.